The SMILES string of the molecule is CCc1ccc(N2C(=O)NC(=O)/C(=C/c3cn(Cc4ccc([N+](=O)[O-])cc4)c4ccccc34)C2=O)cc1. The number of urea groups is 1. The van der Waals surface area contributed by atoms with Crippen LogP contribution in [-0.4, -0.2) is 27.3 Å². The third-order valence-corrected chi connectivity index (χ3v) is 6.32. The van der Waals surface area contributed by atoms with E-state index in [1.807, 2.05) is 54.1 Å². The highest BCUT2D eigenvalue weighted by molar-refractivity contribution is 6.39. The number of aryl methyl sites for hydroxylation is 1. The third kappa shape index (κ3) is 4.50. The number of carbonyl (C=O) groups is 3. The number of barbiturate groups is 1. The second kappa shape index (κ2) is 9.54. The lowest BCUT2D eigenvalue weighted by Gasteiger charge is -2.26. The van der Waals surface area contributed by atoms with Crippen LogP contribution in [0.5, 0.6) is 0 Å². The number of benzene rings is 3. The van der Waals surface area contributed by atoms with Gasteiger partial charge in [-0.2, -0.15) is 0 Å². The summed E-state index contributed by atoms with van der Waals surface area (Å²) in [6.45, 7) is 2.43. The first kappa shape index (κ1) is 23.7. The van der Waals surface area contributed by atoms with Crippen LogP contribution in [0.15, 0.2) is 84.6 Å². The Kier molecular flexibility index (Phi) is 6.10. The normalized spacial score (nSPS) is 14.9. The Morgan fingerprint density at radius 3 is 2.27 bits per heavy atom. The zero-order chi connectivity index (χ0) is 26.1. The van der Waals surface area contributed by atoms with Gasteiger partial charge in [-0.15, -0.1) is 0 Å². The zero-order valence-corrected chi connectivity index (χ0v) is 19.9. The van der Waals surface area contributed by atoms with Crippen molar-refractivity contribution >= 4 is 46.2 Å². The van der Waals surface area contributed by atoms with Gasteiger partial charge in [0.2, 0.25) is 0 Å². The third-order valence-electron chi connectivity index (χ3n) is 6.32. The molecule has 9 nitrogen and oxygen atoms in total. The molecule has 3 aromatic carbocycles. The van der Waals surface area contributed by atoms with Gasteiger partial charge in [0.05, 0.1) is 10.6 Å². The van der Waals surface area contributed by atoms with Gasteiger partial charge in [0, 0.05) is 41.3 Å². The molecule has 0 bridgehead atoms. The molecule has 2 heterocycles. The number of nitro groups is 1. The van der Waals surface area contributed by atoms with Crippen LogP contribution in [0.1, 0.15) is 23.6 Å². The molecule has 0 radical (unpaired) electrons. The molecule has 1 aliphatic rings. The van der Waals surface area contributed by atoms with Crippen molar-refractivity contribution in [3.63, 3.8) is 0 Å². The molecule has 4 amide bonds. The van der Waals surface area contributed by atoms with Crippen molar-refractivity contribution in [2.24, 2.45) is 0 Å². The number of anilines is 1. The van der Waals surface area contributed by atoms with Crippen molar-refractivity contribution in [1.82, 2.24) is 9.88 Å². The fourth-order valence-corrected chi connectivity index (χ4v) is 4.37. The van der Waals surface area contributed by atoms with Crippen LogP contribution in [0, 0.1) is 10.1 Å². The quantitative estimate of drug-likeness (QED) is 0.179. The van der Waals surface area contributed by atoms with E-state index in [2.05, 4.69) is 5.32 Å². The van der Waals surface area contributed by atoms with E-state index in [0.717, 1.165) is 33.4 Å². The number of nitrogens with zero attached hydrogens (tertiary/aromatic N) is 3. The number of nitro benzene ring substituents is 1. The van der Waals surface area contributed by atoms with Crippen molar-refractivity contribution in [2.75, 3.05) is 4.90 Å². The lowest BCUT2D eigenvalue weighted by Crippen LogP contribution is -2.54. The summed E-state index contributed by atoms with van der Waals surface area (Å²) in [6, 6.07) is 20.1. The van der Waals surface area contributed by atoms with E-state index in [1.165, 1.54) is 18.2 Å². The number of hydrogen-bond donors (Lipinski definition) is 1. The van der Waals surface area contributed by atoms with Crippen LogP contribution in [0.2, 0.25) is 0 Å². The standard InChI is InChI=1S/C28H22N4O5/c1-2-18-7-11-21(12-8-18)31-27(34)24(26(33)29-28(31)35)15-20-17-30(25-6-4-3-5-23(20)25)16-19-9-13-22(14-10-19)32(36)37/h3-15,17H,2,16H2,1H3,(H,29,33,35)/b24-15-. The number of amides is 4. The molecule has 0 saturated carbocycles. The van der Waals surface area contributed by atoms with Crippen LogP contribution in [0.3, 0.4) is 0 Å². The highest BCUT2D eigenvalue weighted by atomic mass is 16.6. The number of carbonyl (C=O) groups excluding carboxylic acids is 3. The van der Waals surface area contributed by atoms with Crippen LogP contribution in [-0.2, 0) is 22.6 Å². The molecule has 1 fully saturated rings. The number of nitrogens with one attached hydrogen (secondary N) is 1. The maximum Gasteiger partial charge on any atom is 0.335 e. The molecule has 1 saturated heterocycles. The summed E-state index contributed by atoms with van der Waals surface area (Å²) in [5.74, 6) is -1.46. The first-order valence-electron chi connectivity index (χ1n) is 11.7. The minimum absolute atomic E-state index is 0.0109. The van der Waals surface area contributed by atoms with Gasteiger partial charge in [-0.1, -0.05) is 49.4 Å². The molecular weight excluding hydrogens is 472 g/mol. The average molecular weight is 495 g/mol. The van der Waals surface area contributed by atoms with E-state index in [4.69, 9.17) is 0 Å². The largest absolute Gasteiger partial charge is 0.342 e. The highest BCUT2D eigenvalue weighted by Crippen LogP contribution is 2.27. The summed E-state index contributed by atoms with van der Waals surface area (Å²) in [5.41, 5.74) is 3.63. The Morgan fingerprint density at radius 1 is 0.919 bits per heavy atom. The second-order valence-corrected chi connectivity index (χ2v) is 8.63. The fraction of sp³-hybridized carbons (Fsp3) is 0.107. The van der Waals surface area contributed by atoms with E-state index in [0.29, 0.717) is 17.8 Å². The molecule has 5 rings (SSSR count). The van der Waals surface area contributed by atoms with Crippen molar-refractivity contribution in [3.8, 4) is 0 Å². The van der Waals surface area contributed by atoms with E-state index in [1.54, 1.807) is 24.3 Å². The molecule has 9 heteroatoms. The van der Waals surface area contributed by atoms with Crippen molar-refractivity contribution in [1.29, 1.82) is 0 Å². The van der Waals surface area contributed by atoms with Gasteiger partial charge in [0.1, 0.15) is 5.57 Å². The number of imide groups is 2. The van der Waals surface area contributed by atoms with Crippen molar-refractivity contribution in [3.05, 3.63) is 111 Å². The molecule has 0 aliphatic carbocycles. The summed E-state index contributed by atoms with van der Waals surface area (Å²) in [6.07, 6.45) is 4.12. The maximum absolute atomic E-state index is 13.3. The molecule has 0 unspecified atom stereocenters. The van der Waals surface area contributed by atoms with Gasteiger partial charge < -0.3 is 4.57 Å². The van der Waals surface area contributed by atoms with Crippen LogP contribution in [0.4, 0.5) is 16.2 Å². The summed E-state index contributed by atoms with van der Waals surface area (Å²) in [5, 5.41) is 14.0. The Balaban J connectivity index is 1.52. The van der Waals surface area contributed by atoms with Crippen LogP contribution < -0.4 is 10.2 Å². The Labute approximate surface area is 211 Å². The number of non-ortho nitro benzene ring substituents is 1. The van der Waals surface area contributed by atoms with Gasteiger partial charge in [-0.3, -0.25) is 25.0 Å². The fourth-order valence-electron chi connectivity index (χ4n) is 4.37. The first-order valence-corrected chi connectivity index (χ1v) is 11.7. The van der Waals surface area contributed by atoms with Gasteiger partial charge in [0.25, 0.3) is 17.5 Å². The van der Waals surface area contributed by atoms with Gasteiger partial charge in [0.15, 0.2) is 0 Å². The van der Waals surface area contributed by atoms with E-state index in [9.17, 15) is 24.5 Å². The highest BCUT2D eigenvalue weighted by Gasteiger charge is 2.37. The van der Waals surface area contributed by atoms with E-state index in [-0.39, 0.29) is 11.3 Å². The number of para-hydroxylation sites is 1. The molecule has 37 heavy (non-hydrogen) atoms. The summed E-state index contributed by atoms with van der Waals surface area (Å²) >= 11 is 0. The molecular formula is C28H22N4O5. The van der Waals surface area contributed by atoms with Crippen LogP contribution >= 0.6 is 0 Å². The van der Waals surface area contributed by atoms with Crippen molar-refractivity contribution in [2.45, 2.75) is 19.9 Å². The molecule has 0 spiro atoms. The predicted octanol–water partition coefficient (Wildman–Crippen LogP) is 4.83. The van der Waals surface area contributed by atoms with E-state index < -0.39 is 22.8 Å². The Bertz CT molecular complexity index is 1580. The second-order valence-electron chi connectivity index (χ2n) is 8.63. The topological polar surface area (TPSA) is 115 Å². The Hall–Kier alpha value is -5.05. The monoisotopic (exact) mass is 494 g/mol. The number of fused-ring (bicyclic) bond motifs is 1. The predicted molar refractivity (Wildman–Crippen MR) is 139 cm³/mol. The number of aromatic nitrogens is 1. The maximum atomic E-state index is 13.3. The Morgan fingerprint density at radius 2 is 1.59 bits per heavy atom. The number of hydrogen-bond acceptors (Lipinski definition) is 5. The minimum Gasteiger partial charge on any atom is -0.342 e. The number of rotatable bonds is 6. The van der Waals surface area contributed by atoms with Gasteiger partial charge in [-0.05, 0) is 41.8 Å². The average Bonchev–Trinajstić information content (AvgIpc) is 3.24. The van der Waals surface area contributed by atoms with Gasteiger partial charge in [-0.25, -0.2) is 9.69 Å². The summed E-state index contributed by atoms with van der Waals surface area (Å²) < 4.78 is 1.94. The molecule has 1 N–H and O–H groups in total. The van der Waals surface area contributed by atoms with Gasteiger partial charge >= 0.3 is 6.03 Å². The first-order chi connectivity index (χ1) is 17.9. The lowest BCUT2D eigenvalue weighted by atomic mass is 10.1. The molecule has 1 aromatic heterocycles. The molecule has 184 valence electrons. The zero-order valence-electron chi connectivity index (χ0n) is 19.9. The lowest BCUT2D eigenvalue weighted by molar-refractivity contribution is -0.384. The summed E-state index contributed by atoms with van der Waals surface area (Å²) in [4.78, 5) is 50.1. The minimum atomic E-state index is -0.794. The van der Waals surface area contributed by atoms with Crippen LogP contribution in [0.25, 0.3) is 17.0 Å². The summed E-state index contributed by atoms with van der Waals surface area (Å²) in [7, 11) is 0. The molecule has 0 atom stereocenters. The smallest absolute Gasteiger partial charge is 0.335 e. The molecule has 4 aromatic rings. The van der Waals surface area contributed by atoms with E-state index >= 15 is 0 Å². The molecule has 1 aliphatic heterocycles. The van der Waals surface area contributed by atoms with Crippen molar-refractivity contribution < 1.29 is 19.3 Å².